The number of thiophene rings is 1. The van der Waals surface area contributed by atoms with Gasteiger partial charge in [-0.15, -0.1) is 11.3 Å². The van der Waals surface area contributed by atoms with Crippen LogP contribution in [-0.4, -0.2) is 10.8 Å². The van der Waals surface area contributed by atoms with Crippen molar-refractivity contribution in [2.45, 2.75) is 19.3 Å². The number of ketones is 1. The molecule has 0 fully saturated rings. The van der Waals surface area contributed by atoms with Gasteiger partial charge in [-0.2, -0.15) is 0 Å². The van der Waals surface area contributed by atoms with E-state index >= 15 is 0 Å². The highest BCUT2D eigenvalue weighted by molar-refractivity contribution is 7.17. The zero-order chi connectivity index (χ0) is 13.8. The number of Topliss-reactive ketones (excluding diaryl/α,β-unsaturated/α-hetero) is 1. The summed E-state index contributed by atoms with van der Waals surface area (Å²) in [6, 6.07) is 12.2. The van der Waals surface area contributed by atoms with Crippen LogP contribution < -0.4 is 0 Å². The summed E-state index contributed by atoms with van der Waals surface area (Å²) in [5, 5.41) is 3.32. The molecule has 1 aromatic carbocycles. The summed E-state index contributed by atoms with van der Waals surface area (Å²) in [7, 11) is 0. The molecular formula is C17H15NOS. The van der Waals surface area contributed by atoms with Crippen LogP contribution in [0.15, 0.2) is 54.2 Å². The fourth-order valence-corrected chi connectivity index (χ4v) is 3.26. The SMILES string of the molecule is O=C(CCc1cccnc1)Cc1csc2ccccc12. The normalized spacial score (nSPS) is 10.8. The van der Waals surface area contributed by atoms with Gasteiger partial charge < -0.3 is 0 Å². The lowest BCUT2D eigenvalue weighted by atomic mass is 10.0. The number of hydrogen-bond acceptors (Lipinski definition) is 3. The van der Waals surface area contributed by atoms with Crippen molar-refractivity contribution in [3.63, 3.8) is 0 Å². The molecule has 3 heteroatoms. The first-order valence-electron chi connectivity index (χ1n) is 6.68. The maximum atomic E-state index is 12.1. The van der Waals surface area contributed by atoms with Crippen LogP contribution in [-0.2, 0) is 17.6 Å². The third kappa shape index (κ3) is 2.94. The largest absolute Gasteiger partial charge is 0.299 e. The molecule has 0 N–H and O–H groups in total. The van der Waals surface area contributed by atoms with Crippen LogP contribution in [0.25, 0.3) is 10.1 Å². The summed E-state index contributed by atoms with van der Waals surface area (Å²) < 4.78 is 1.25. The number of carbonyl (C=O) groups is 1. The molecule has 0 atom stereocenters. The predicted octanol–water partition coefficient (Wildman–Crippen LogP) is 4.04. The molecule has 0 bridgehead atoms. The van der Waals surface area contributed by atoms with Crippen molar-refractivity contribution < 1.29 is 4.79 Å². The topological polar surface area (TPSA) is 30.0 Å². The Balaban J connectivity index is 1.64. The number of fused-ring (bicyclic) bond motifs is 1. The van der Waals surface area contributed by atoms with Gasteiger partial charge in [-0.3, -0.25) is 9.78 Å². The molecular weight excluding hydrogens is 266 g/mol. The maximum Gasteiger partial charge on any atom is 0.137 e. The lowest BCUT2D eigenvalue weighted by Crippen LogP contribution is -2.04. The Morgan fingerprint density at radius 2 is 2.05 bits per heavy atom. The van der Waals surface area contributed by atoms with E-state index < -0.39 is 0 Å². The molecule has 0 radical (unpaired) electrons. The van der Waals surface area contributed by atoms with Crippen LogP contribution in [0.2, 0.25) is 0 Å². The summed E-state index contributed by atoms with van der Waals surface area (Å²) in [6.07, 6.45) is 5.46. The molecule has 20 heavy (non-hydrogen) atoms. The number of nitrogens with zero attached hydrogens (tertiary/aromatic N) is 1. The van der Waals surface area contributed by atoms with Gasteiger partial charge in [0.15, 0.2) is 0 Å². The van der Waals surface area contributed by atoms with E-state index in [2.05, 4.69) is 22.5 Å². The lowest BCUT2D eigenvalue weighted by Gasteiger charge is -2.01. The van der Waals surface area contributed by atoms with Gasteiger partial charge >= 0.3 is 0 Å². The van der Waals surface area contributed by atoms with E-state index in [-0.39, 0.29) is 5.78 Å². The third-order valence-corrected chi connectivity index (χ3v) is 4.38. The van der Waals surface area contributed by atoms with Crippen LogP contribution >= 0.6 is 11.3 Å². The monoisotopic (exact) mass is 281 g/mol. The summed E-state index contributed by atoms with van der Waals surface area (Å²) >= 11 is 1.71. The quantitative estimate of drug-likeness (QED) is 0.706. The van der Waals surface area contributed by atoms with Gasteiger partial charge in [0.05, 0.1) is 0 Å². The standard InChI is InChI=1S/C17H15NOS/c19-15(8-7-13-4-3-9-18-11-13)10-14-12-20-17-6-2-1-5-16(14)17/h1-6,9,11-12H,7-8,10H2. The molecule has 3 aromatic rings. The van der Waals surface area contributed by atoms with Crippen molar-refractivity contribution in [2.75, 3.05) is 0 Å². The summed E-state index contributed by atoms with van der Waals surface area (Å²) in [5.74, 6) is 0.289. The molecule has 3 rings (SSSR count). The molecule has 0 saturated heterocycles. The first-order valence-corrected chi connectivity index (χ1v) is 7.56. The average Bonchev–Trinajstić information content (AvgIpc) is 2.90. The molecule has 100 valence electrons. The first-order chi connectivity index (χ1) is 9.83. The maximum absolute atomic E-state index is 12.1. The van der Waals surface area contributed by atoms with Crippen molar-refractivity contribution in [1.29, 1.82) is 0 Å². The highest BCUT2D eigenvalue weighted by Crippen LogP contribution is 2.26. The molecule has 2 aromatic heterocycles. The Bertz CT molecular complexity index is 718. The summed E-state index contributed by atoms with van der Waals surface area (Å²) in [6.45, 7) is 0. The molecule has 0 amide bonds. The second kappa shape index (κ2) is 5.97. The smallest absolute Gasteiger partial charge is 0.137 e. The van der Waals surface area contributed by atoms with Gasteiger partial charge in [0, 0.05) is 29.9 Å². The fourth-order valence-electron chi connectivity index (χ4n) is 2.30. The highest BCUT2D eigenvalue weighted by Gasteiger charge is 2.09. The van der Waals surface area contributed by atoms with E-state index in [0.717, 1.165) is 17.5 Å². The number of hydrogen-bond donors (Lipinski definition) is 0. The minimum atomic E-state index is 0.289. The van der Waals surface area contributed by atoms with E-state index in [0.29, 0.717) is 12.8 Å². The molecule has 0 aliphatic rings. The summed E-state index contributed by atoms with van der Waals surface area (Å²) in [5.41, 5.74) is 2.28. The second-order valence-electron chi connectivity index (χ2n) is 4.83. The zero-order valence-electron chi connectivity index (χ0n) is 11.1. The van der Waals surface area contributed by atoms with Crippen LogP contribution in [0, 0.1) is 0 Å². The first kappa shape index (κ1) is 13.0. The number of carbonyl (C=O) groups excluding carboxylic acids is 1. The minimum absolute atomic E-state index is 0.289. The van der Waals surface area contributed by atoms with E-state index in [1.807, 2.05) is 30.5 Å². The molecule has 0 unspecified atom stereocenters. The van der Waals surface area contributed by atoms with Crippen LogP contribution in [0.5, 0.6) is 0 Å². The molecule has 0 saturated carbocycles. The van der Waals surface area contributed by atoms with E-state index in [4.69, 9.17) is 0 Å². The second-order valence-corrected chi connectivity index (χ2v) is 5.75. The Labute approximate surface area is 122 Å². The van der Waals surface area contributed by atoms with Gasteiger partial charge in [0.2, 0.25) is 0 Å². The molecule has 2 nitrogen and oxygen atoms in total. The zero-order valence-corrected chi connectivity index (χ0v) is 11.9. The fraction of sp³-hybridized carbons (Fsp3) is 0.176. The number of aromatic nitrogens is 1. The third-order valence-electron chi connectivity index (χ3n) is 3.36. The van der Waals surface area contributed by atoms with Gasteiger partial charge in [0.25, 0.3) is 0 Å². The van der Waals surface area contributed by atoms with Crippen LogP contribution in [0.4, 0.5) is 0 Å². The van der Waals surface area contributed by atoms with Gasteiger partial charge in [-0.05, 0) is 40.4 Å². The Morgan fingerprint density at radius 3 is 2.90 bits per heavy atom. The van der Waals surface area contributed by atoms with Gasteiger partial charge in [-0.25, -0.2) is 0 Å². The van der Waals surface area contributed by atoms with E-state index in [1.54, 1.807) is 17.5 Å². The Hall–Kier alpha value is -2.00. The van der Waals surface area contributed by atoms with Gasteiger partial charge in [-0.1, -0.05) is 24.3 Å². The molecule has 0 aliphatic carbocycles. The molecule has 0 spiro atoms. The number of pyridine rings is 1. The van der Waals surface area contributed by atoms with Crippen molar-refractivity contribution >= 4 is 27.2 Å². The van der Waals surface area contributed by atoms with Crippen molar-refractivity contribution in [3.8, 4) is 0 Å². The Kier molecular flexibility index (Phi) is 3.88. The number of rotatable bonds is 5. The van der Waals surface area contributed by atoms with Crippen molar-refractivity contribution in [1.82, 2.24) is 4.98 Å². The Morgan fingerprint density at radius 1 is 1.15 bits per heavy atom. The van der Waals surface area contributed by atoms with Crippen molar-refractivity contribution in [3.05, 3.63) is 65.3 Å². The predicted molar refractivity (Wildman–Crippen MR) is 83.1 cm³/mol. The van der Waals surface area contributed by atoms with E-state index in [9.17, 15) is 4.79 Å². The number of benzene rings is 1. The van der Waals surface area contributed by atoms with Crippen LogP contribution in [0.3, 0.4) is 0 Å². The van der Waals surface area contributed by atoms with Crippen LogP contribution in [0.1, 0.15) is 17.5 Å². The number of aryl methyl sites for hydroxylation is 1. The average molecular weight is 281 g/mol. The lowest BCUT2D eigenvalue weighted by molar-refractivity contribution is -0.118. The minimum Gasteiger partial charge on any atom is -0.299 e. The molecule has 0 aliphatic heterocycles. The summed E-state index contributed by atoms with van der Waals surface area (Å²) in [4.78, 5) is 16.2. The molecule has 2 heterocycles. The van der Waals surface area contributed by atoms with Crippen molar-refractivity contribution in [2.24, 2.45) is 0 Å². The van der Waals surface area contributed by atoms with E-state index in [1.165, 1.54) is 10.1 Å². The van der Waals surface area contributed by atoms with Gasteiger partial charge in [0.1, 0.15) is 5.78 Å². The highest BCUT2D eigenvalue weighted by atomic mass is 32.1.